The number of esters is 1. The van der Waals surface area contributed by atoms with E-state index in [4.69, 9.17) is 49.0 Å². The molecule has 0 aliphatic carbocycles. The first-order chi connectivity index (χ1) is 17.3. The fraction of sp³-hybridized carbons (Fsp3) is 0.259. The van der Waals surface area contributed by atoms with Gasteiger partial charge in [-0.05, 0) is 36.2 Å². The van der Waals surface area contributed by atoms with Gasteiger partial charge in [0, 0.05) is 12.0 Å². The number of nitrogens with one attached hydrogen (secondary N) is 1. The van der Waals surface area contributed by atoms with Crippen LogP contribution in [-0.4, -0.2) is 38.7 Å². The van der Waals surface area contributed by atoms with Crippen molar-refractivity contribution in [2.45, 2.75) is 25.3 Å². The highest BCUT2D eigenvalue weighted by Crippen LogP contribution is 2.41. The van der Waals surface area contributed by atoms with E-state index in [-0.39, 0.29) is 34.5 Å². The molecular weight excluding hydrogens is 525 g/mol. The molecule has 1 atom stereocenters. The summed E-state index contributed by atoms with van der Waals surface area (Å²) >= 11 is 18.4. The summed E-state index contributed by atoms with van der Waals surface area (Å²) < 4.78 is 16.4. The molecule has 0 fully saturated rings. The van der Waals surface area contributed by atoms with E-state index in [1.165, 1.54) is 0 Å². The normalized spacial score (nSPS) is 11.5. The van der Waals surface area contributed by atoms with Crippen molar-refractivity contribution in [3.63, 3.8) is 0 Å². The summed E-state index contributed by atoms with van der Waals surface area (Å²) in [6.07, 6.45) is 0.197. The van der Waals surface area contributed by atoms with E-state index in [0.29, 0.717) is 11.5 Å². The third kappa shape index (κ3) is 6.25. The summed E-state index contributed by atoms with van der Waals surface area (Å²) in [6.45, 7) is 1.87. The second-order valence-corrected chi connectivity index (χ2v) is 8.83. The predicted octanol–water partition coefficient (Wildman–Crippen LogP) is 6.32. The van der Waals surface area contributed by atoms with Crippen LogP contribution < -0.4 is 14.8 Å². The molecule has 1 N–H and O–H groups in total. The van der Waals surface area contributed by atoms with Gasteiger partial charge in [-0.1, -0.05) is 59.6 Å². The molecule has 3 aromatic rings. The highest BCUT2D eigenvalue weighted by molar-refractivity contribution is 6.39. The molecule has 3 rings (SSSR count). The fourth-order valence-corrected chi connectivity index (χ4v) is 4.59. The van der Waals surface area contributed by atoms with Crippen molar-refractivity contribution >= 4 is 46.7 Å². The van der Waals surface area contributed by atoms with Gasteiger partial charge in [0.25, 0.3) is 5.91 Å². The van der Waals surface area contributed by atoms with Gasteiger partial charge < -0.3 is 19.5 Å². The van der Waals surface area contributed by atoms with Gasteiger partial charge in [0.05, 0.1) is 47.9 Å². The quantitative estimate of drug-likeness (QED) is 0.236. The zero-order valence-corrected chi connectivity index (χ0v) is 22.3. The van der Waals surface area contributed by atoms with Crippen molar-refractivity contribution in [3.8, 4) is 22.6 Å². The lowest BCUT2D eigenvalue weighted by Crippen LogP contribution is -2.43. The second kappa shape index (κ2) is 12.9. The maximum Gasteiger partial charge on any atom is 0.328 e. The van der Waals surface area contributed by atoms with Crippen LogP contribution in [0.25, 0.3) is 11.1 Å². The first-order valence-electron chi connectivity index (χ1n) is 11.1. The largest absolute Gasteiger partial charge is 0.496 e. The Balaban J connectivity index is 1.89. The molecule has 3 aromatic carbocycles. The summed E-state index contributed by atoms with van der Waals surface area (Å²) in [5, 5.41) is 3.09. The summed E-state index contributed by atoms with van der Waals surface area (Å²) in [5.74, 6) is 0.435. The monoisotopic (exact) mass is 549 g/mol. The number of amides is 1. The van der Waals surface area contributed by atoms with Crippen molar-refractivity contribution in [1.82, 2.24) is 5.32 Å². The Morgan fingerprint density at radius 3 is 2.17 bits per heavy atom. The Bertz CT molecular complexity index is 1210. The third-order valence-electron chi connectivity index (χ3n) is 5.52. The molecule has 0 heterocycles. The molecule has 36 heavy (non-hydrogen) atoms. The Morgan fingerprint density at radius 1 is 0.944 bits per heavy atom. The van der Waals surface area contributed by atoms with E-state index in [9.17, 15) is 9.59 Å². The van der Waals surface area contributed by atoms with Crippen molar-refractivity contribution in [3.05, 3.63) is 81.3 Å². The van der Waals surface area contributed by atoms with E-state index in [1.807, 2.05) is 36.4 Å². The molecule has 190 valence electrons. The van der Waals surface area contributed by atoms with Gasteiger partial charge in [0.2, 0.25) is 0 Å². The number of benzene rings is 3. The second-order valence-electron chi connectivity index (χ2n) is 7.74. The van der Waals surface area contributed by atoms with Crippen LogP contribution in [0.1, 0.15) is 28.4 Å². The van der Waals surface area contributed by atoms with Gasteiger partial charge in [0.15, 0.2) is 0 Å². The molecule has 0 aromatic heterocycles. The molecule has 9 heteroatoms. The lowest BCUT2D eigenvalue weighted by molar-refractivity contribution is -0.145. The van der Waals surface area contributed by atoms with Gasteiger partial charge >= 0.3 is 5.97 Å². The Labute approximate surface area is 225 Å². The number of methoxy groups -OCH3 is 2. The zero-order chi connectivity index (χ0) is 26.2. The summed E-state index contributed by atoms with van der Waals surface area (Å²) in [7, 11) is 3.17. The van der Waals surface area contributed by atoms with Crippen LogP contribution in [0, 0.1) is 0 Å². The van der Waals surface area contributed by atoms with Crippen molar-refractivity contribution in [2.75, 3.05) is 20.8 Å². The summed E-state index contributed by atoms with van der Waals surface area (Å²) in [6, 6.07) is 15.0. The van der Waals surface area contributed by atoms with Crippen LogP contribution in [0.15, 0.2) is 54.6 Å². The molecule has 6 nitrogen and oxygen atoms in total. The lowest BCUT2D eigenvalue weighted by Gasteiger charge is -2.19. The molecule has 0 aliphatic heterocycles. The minimum Gasteiger partial charge on any atom is -0.496 e. The highest BCUT2D eigenvalue weighted by atomic mass is 35.5. The maximum absolute atomic E-state index is 12.9. The number of rotatable bonds is 10. The minimum atomic E-state index is -0.945. The van der Waals surface area contributed by atoms with Gasteiger partial charge in [-0.25, -0.2) is 4.79 Å². The highest BCUT2D eigenvalue weighted by Gasteiger charge is 2.25. The fourth-order valence-electron chi connectivity index (χ4n) is 3.81. The van der Waals surface area contributed by atoms with E-state index < -0.39 is 17.9 Å². The van der Waals surface area contributed by atoms with E-state index in [1.54, 1.807) is 39.3 Å². The number of halogens is 3. The van der Waals surface area contributed by atoms with Crippen LogP contribution in [-0.2, 0) is 21.8 Å². The van der Waals surface area contributed by atoms with Gasteiger partial charge in [-0.3, -0.25) is 4.79 Å². The zero-order valence-electron chi connectivity index (χ0n) is 20.1. The van der Waals surface area contributed by atoms with Gasteiger partial charge in [-0.15, -0.1) is 11.6 Å². The van der Waals surface area contributed by atoms with E-state index in [2.05, 4.69) is 5.32 Å². The number of carbonyl (C=O) groups excluding carboxylic acids is 2. The Morgan fingerprint density at radius 2 is 1.61 bits per heavy atom. The molecule has 0 radical (unpaired) electrons. The number of ether oxygens (including phenoxy) is 3. The number of hydrogen-bond acceptors (Lipinski definition) is 5. The van der Waals surface area contributed by atoms with Crippen molar-refractivity contribution in [1.29, 1.82) is 0 Å². The molecule has 1 amide bonds. The smallest absolute Gasteiger partial charge is 0.328 e. The maximum atomic E-state index is 12.9. The molecule has 0 aliphatic rings. The predicted molar refractivity (Wildman–Crippen MR) is 143 cm³/mol. The molecular formula is C27H26Cl3NO5. The third-order valence-corrected chi connectivity index (χ3v) is 6.44. The molecule has 0 saturated heterocycles. The first kappa shape index (κ1) is 27.7. The average molecular weight is 551 g/mol. The lowest BCUT2D eigenvalue weighted by atomic mass is 9.97. The SMILES string of the molecule is CCOC(=O)C(Cc1ccc(-c2c(OC)ccc(CCl)c2OC)cc1)NC(=O)c1c(Cl)cccc1Cl. The number of alkyl halides is 1. The number of hydrogen-bond donors (Lipinski definition) is 1. The molecule has 0 spiro atoms. The minimum absolute atomic E-state index is 0.101. The molecule has 1 unspecified atom stereocenters. The summed E-state index contributed by atoms with van der Waals surface area (Å²) in [5.41, 5.74) is 3.35. The Hall–Kier alpha value is -2.93. The van der Waals surface area contributed by atoms with Crippen LogP contribution in [0.4, 0.5) is 0 Å². The first-order valence-corrected chi connectivity index (χ1v) is 12.4. The van der Waals surface area contributed by atoms with Crippen molar-refractivity contribution < 1.29 is 23.8 Å². The Kier molecular flexibility index (Phi) is 9.88. The summed E-state index contributed by atoms with van der Waals surface area (Å²) in [4.78, 5) is 25.6. The topological polar surface area (TPSA) is 73.9 Å². The van der Waals surface area contributed by atoms with E-state index >= 15 is 0 Å². The number of carbonyl (C=O) groups is 2. The average Bonchev–Trinajstić information content (AvgIpc) is 2.87. The van der Waals surface area contributed by atoms with E-state index in [0.717, 1.165) is 22.3 Å². The van der Waals surface area contributed by atoms with Crippen molar-refractivity contribution in [2.24, 2.45) is 0 Å². The van der Waals surface area contributed by atoms with Crippen LogP contribution in [0.3, 0.4) is 0 Å². The van der Waals surface area contributed by atoms with Crippen LogP contribution in [0.5, 0.6) is 11.5 Å². The van der Waals surface area contributed by atoms with Crippen LogP contribution in [0.2, 0.25) is 10.0 Å². The van der Waals surface area contributed by atoms with Crippen LogP contribution >= 0.6 is 34.8 Å². The standard InChI is InChI=1S/C27H26Cl3NO5/c1-4-36-27(33)21(31-26(32)24-19(29)6-5-7-20(24)30)14-16-8-10-17(11-9-16)23-22(34-2)13-12-18(15-28)25(23)35-3/h5-13,21H,4,14-15H2,1-3H3,(H,31,32). The molecule has 0 bridgehead atoms. The molecule has 0 saturated carbocycles. The van der Waals surface area contributed by atoms with Gasteiger partial charge in [0.1, 0.15) is 17.5 Å². The van der Waals surface area contributed by atoms with Gasteiger partial charge in [-0.2, -0.15) is 0 Å².